The van der Waals surface area contributed by atoms with E-state index in [1.807, 2.05) is 6.07 Å². The molecule has 1 saturated heterocycles. The van der Waals surface area contributed by atoms with Gasteiger partial charge in [-0.1, -0.05) is 24.3 Å². The second-order valence-electron chi connectivity index (χ2n) is 7.40. The summed E-state index contributed by atoms with van der Waals surface area (Å²) in [5, 5.41) is 0. The van der Waals surface area contributed by atoms with E-state index in [2.05, 4.69) is 4.72 Å². The van der Waals surface area contributed by atoms with Gasteiger partial charge in [0.25, 0.3) is 0 Å². The van der Waals surface area contributed by atoms with E-state index < -0.39 is 39.8 Å². The zero-order valence-electron chi connectivity index (χ0n) is 16.8. The number of carbonyl (C=O) groups excluding carboxylic acids is 1. The number of halogens is 2. The monoisotopic (exact) mass is 438 g/mol. The van der Waals surface area contributed by atoms with Crippen molar-refractivity contribution in [1.29, 1.82) is 0 Å². The Bertz CT molecular complexity index is 1030. The minimum absolute atomic E-state index is 0.262. The minimum Gasteiger partial charge on any atom is -0.453 e. The van der Waals surface area contributed by atoms with Gasteiger partial charge in [0.2, 0.25) is 10.0 Å². The first-order chi connectivity index (χ1) is 14.2. The molecule has 2 aromatic carbocycles. The van der Waals surface area contributed by atoms with Crippen molar-refractivity contribution in [2.75, 3.05) is 19.9 Å². The number of likely N-dealkylation sites (tertiary alicyclic amines) is 1. The van der Waals surface area contributed by atoms with Crippen LogP contribution in [0.1, 0.15) is 18.4 Å². The fourth-order valence-corrected chi connectivity index (χ4v) is 4.72. The van der Waals surface area contributed by atoms with Gasteiger partial charge in [-0.05, 0) is 42.5 Å². The molecule has 1 aliphatic rings. The van der Waals surface area contributed by atoms with Gasteiger partial charge < -0.3 is 9.64 Å². The number of benzene rings is 2. The average Bonchev–Trinajstić information content (AvgIpc) is 2.68. The van der Waals surface area contributed by atoms with Crippen molar-refractivity contribution in [2.24, 2.45) is 0 Å². The first kappa shape index (κ1) is 22.2. The number of ether oxygens (including phenoxy) is 1. The van der Waals surface area contributed by atoms with E-state index in [4.69, 9.17) is 4.74 Å². The van der Waals surface area contributed by atoms with Crippen LogP contribution in [0.5, 0.6) is 0 Å². The number of rotatable bonds is 5. The van der Waals surface area contributed by atoms with Crippen LogP contribution >= 0.6 is 0 Å². The van der Waals surface area contributed by atoms with Gasteiger partial charge >= 0.3 is 6.09 Å². The zero-order chi connectivity index (χ0) is 21.9. The molecule has 9 heteroatoms. The number of amides is 1. The largest absolute Gasteiger partial charge is 0.453 e. The molecule has 0 aromatic heterocycles. The second kappa shape index (κ2) is 9.09. The van der Waals surface area contributed by atoms with Crippen LogP contribution in [0.25, 0.3) is 11.1 Å². The third-order valence-electron chi connectivity index (χ3n) is 5.17. The Morgan fingerprint density at radius 1 is 1.23 bits per heavy atom. The fourth-order valence-electron chi connectivity index (χ4n) is 3.90. The van der Waals surface area contributed by atoms with Gasteiger partial charge in [0.1, 0.15) is 11.6 Å². The van der Waals surface area contributed by atoms with Crippen LogP contribution in [0.2, 0.25) is 0 Å². The van der Waals surface area contributed by atoms with Crippen molar-refractivity contribution in [2.45, 2.75) is 31.3 Å². The molecule has 1 amide bonds. The van der Waals surface area contributed by atoms with E-state index in [1.165, 1.54) is 24.1 Å². The number of piperidine rings is 1. The van der Waals surface area contributed by atoms with Crippen LogP contribution in [0.3, 0.4) is 0 Å². The highest BCUT2D eigenvalue weighted by Crippen LogP contribution is 2.27. The van der Waals surface area contributed by atoms with Crippen LogP contribution < -0.4 is 4.72 Å². The summed E-state index contributed by atoms with van der Waals surface area (Å²) in [6.45, 7) is 0.450. The highest BCUT2D eigenvalue weighted by atomic mass is 32.2. The number of hydrogen-bond acceptors (Lipinski definition) is 4. The maximum Gasteiger partial charge on any atom is 0.409 e. The quantitative estimate of drug-likeness (QED) is 0.777. The maximum absolute atomic E-state index is 14.2. The number of sulfonamides is 1. The minimum atomic E-state index is -3.48. The zero-order valence-corrected chi connectivity index (χ0v) is 17.6. The number of nitrogens with one attached hydrogen (secondary N) is 1. The van der Waals surface area contributed by atoms with Crippen LogP contribution in [-0.2, 0) is 21.2 Å². The summed E-state index contributed by atoms with van der Waals surface area (Å²) < 4.78 is 58.6. The predicted octanol–water partition coefficient (Wildman–Crippen LogP) is 3.32. The normalized spacial score (nSPS) is 19.5. The highest BCUT2D eigenvalue weighted by molar-refractivity contribution is 7.88. The average molecular weight is 438 g/mol. The lowest BCUT2D eigenvalue weighted by molar-refractivity contribution is 0.0792. The van der Waals surface area contributed by atoms with Crippen molar-refractivity contribution in [1.82, 2.24) is 9.62 Å². The van der Waals surface area contributed by atoms with Crippen molar-refractivity contribution >= 4 is 16.1 Å². The molecule has 0 bridgehead atoms. The van der Waals surface area contributed by atoms with Gasteiger partial charge in [0.05, 0.1) is 19.4 Å². The van der Waals surface area contributed by atoms with Crippen LogP contribution in [0.4, 0.5) is 13.6 Å². The number of hydrogen-bond donors (Lipinski definition) is 1. The molecule has 3 rings (SSSR count). The molecule has 2 atom stereocenters. The standard InChI is InChI=1S/C21H24F2N2O4S/c1-29-21(26)25-10-4-7-19(24-30(2,27)28)20(25)12-14-5-3-6-15(11-14)17-9-8-16(22)13-18(17)23/h3,5-6,8-9,11,13,19-20,24H,4,7,10,12H2,1-2H3/t19-,20-/m0/s1. The van der Waals surface area contributed by atoms with E-state index in [9.17, 15) is 22.0 Å². The summed E-state index contributed by atoms with van der Waals surface area (Å²) in [5.74, 6) is -1.32. The van der Waals surface area contributed by atoms with Gasteiger partial charge in [-0.2, -0.15) is 0 Å². The van der Waals surface area contributed by atoms with Gasteiger partial charge in [0, 0.05) is 24.2 Å². The Morgan fingerprint density at radius 3 is 2.67 bits per heavy atom. The smallest absolute Gasteiger partial charge is 0.409 e. The van der Waals surface area contributed by atoms with Crippen LogP contribution in [-0.4, -0.2) is 51.4 Å². The molecule has 0 spiro atoms. The molecule has 1 fully saturated rings. The van der Waals surface area contributed by atoms with E-state index >= 15 is 0 Å². The van der Waals surface area contributed by atoms with Gasteiger partial charge in [0.15, 0.2) is 0 Å². The molecule has 2 aromatic rings. The van der Waals surface area contributed by atoms with Gasteiger partial charge in [-0.15, -0.1) is 0 Å². The maximum atomic E-state index is 14.2. The van der Waals surface area contributed by atoms with Gasteiger partial charge in [-0.3, -0.25) is 0 Å². The molecular weight excluding hydrogens is 414 g/mol. The Labute approximate surface area is 174 Å². The predicted molar refractivity (Wildman–Crippen MR) is 109 cm³/mol. The summed E-state index contributed by atoms with van der Waals surface area (Å²) in [4.78, 5) is 13.8. The van der Waals surface area contributed by atoms with E-state index in [0.717, 1.165) is 17.9 Å². The molecule has 0 aliphatic carbocycles. The number of carbonyl (C=O) groups is 1. The number of methoxy groups -OCH3 is 1. The molecule has 0 saturated carbocycles. The Balaban J connectivity index is 1.92. The van der Waals surface area contributed by atoms with Crippen molar-refractivity contribution in [3.8, 4) is 11.1 Å². The Kier molecular flexibility index (Phi) is 6.72. The lowest BCUT2D eigenvalue weighted by atomic mass is 9.90. The molecule has 1 heterocycles. The van der Waals surface area contributed by atoms with E-state index in [-0.39, 0.29) is 5.56 Å². The van der Waals surface area contributed by atoms with E-state index in [0.29, 0.717) is 31.4 Å². The first-order valence-corrected chi connectivity index (χ1v) is 11.4. The summed E-state index contributed by atoms with van der Waals surface area (Å²) >= 11 is 0. The van der Waals surface area contributed by atoms with Crippen molar-refractivity contribution < 1.29 is 26.7 Å². The van der Waals surface area contributed by atoms with Crippen LogP contribution in [0.15, 0.2) is 42.5 Å². The van der Waals surface area contributed by atoms with Gasteiger partial charge in [-0.25, -0.2) is 26.7 Å². The molecule has 6 nitrogen and oxygen atoms in total. The lowest BCUT2D eigenvalue weighted by Crippen LogP contribution is -2.57. The molecule has 1 aliphatic heterocycles. The SMILES string of the molecule is COC(=O)N1CCC[C@H](NS(C)(=O)=O)[C@@H]1Cc1cccc(-c2ccc(F)cc2F)c1. The molecule has 0 radical (unpaired) electrons. The number of nitrogens with zero attached hydrogens (tertiary/aromatic N) is 1. The Morgan fingerprint density at radius 2 is 2.00 bits per heavy atom. The third kappa shape index (κ3) is 5.34. The molecule has 0 unspecified atom stereocenters. The summed E-state index contributed by atoms with van der Waals surface area (Å²) in [6, 6.07) is 9.51. The van der Waals surface area contributed by atoms with Crippen molar-refractivity contribution in [3.63, 3.8) is 0 Å². The lowest BCUT2D eigenvalue weighted by Gasteiger charge is -2.40. The molecular formula is C21H24F2N2O4S. The van der Waals surface area contributed by atoms with E-state index in [1.54, 1.807) is 18.2 Å². The third-order valence-corrected chi connectivity index (χ3v) is 5.90. The Hall–Kier alpha value is -2.52. The topological polar surface area (TPSA) is 75.7 Å². The second-order valence-corrected chi connectivity index (χ2v) is 9.18. The first-order valence-electron chi connectivity index (χ1n) is 9.54. The summed E-state index contributed by atoms with van der Waals surface area (Å²) in [5.41, 5.74) is 1.62. The van der Waals surface area contributed by atoms with Crippen molar-refractivity contribution in [3.05, 3.63) is 59.7 Å². The molecule has 30 heavy (non-hydrogen) atoms. The molecule has 1 N–H and O–H groups in total. The highest BCUT2D eigenvalue weighted by Gasteiger charge is 2.36. The summed E-state index contributed by atoms with van der Waals surface area (Å²) in [7, 11) is -2.20. The summed E-state index contributed by atoms with van der Waals surface area (Å²) in [6.07, 6.45) is 2.12. The fraction of sp³-hybridized carbons (Fsp3) is 0.381. The molecule has 162 valence electrons. The van der Waals surface area contributed by atoms with Crippen LogP contribution in [0, 0.1) is 11.6 Å².